The molecule has 0 aliphatic carbocycles. The Bertz CT molecular complexity index is 925. The van der Waals surface area contributed by atoms with Gasteiger partial charge in [-0.25, -0.2) is 9.97 Å². The average molecular weight is 429 g/mol. The number of nitrogens with zero attached hydrogens (tertiary/aromatic N) is 2. The maximum Gasteiger partial charge on any atom is 0.433 e. The molecule has 0 radical (unpaired) electrons. The van der Waals surface area contributed by atoms with Gasteiger partial charge in [0.05, 0.1) is 5.52 Å². The Labute approximate surface area is 171 Å². The summed E-state index contributed by atoms with van der Waals surface area (Å²) in [6, 6.07) is 4.36. The molecule has 0 bridgehead atoms. The van der Waals surface area contributed by atoms with Crippen molar-refractivity contribution in [1.82, 2.24) is 15.3 Å². The van der Waals surface area contributed by atoms with Gasteiger partial charge < -0.3 is 10.6 Å². The van der Waals surface area contributed by atoms with E-state index in [1.165, 1.54) is 17.4 Å². The molecule has 9 heteroatoms. The summed E-state index contributed by atoms with van der Waals surface area (Å²) in [7, 11) is 0. The van der Waals surface area contributed by atoms with Crippen LogP contribution in [0.25, 0.3) is 22.0 Å². The zero-order valence-electron chi connectivity index (χ0n) is 14.9. The summed E-state index contributed by atoms with van der Waals surface area (Å²) < 4.78 is 39.6. The molecule has 0 amide bonds. The van der Waals surface area contributed by atoms with Crippen LogP contribution in [0.2, 0.25) is 0 Å². The van der Waals surface area contributed by atoms with Crippen molar-refractivity contribution < 1.29 is 13.2 Å². The lowest BCUT2D eigenvalue weighted by Crippen LogP contribution is -2.31. The number of fused-ring (bicyclic) bond motifs is 1. The molecule has 0 saturated carbocycles. The maximum absolute atomic E-state index is 13.2. The summed E-state index contributed by atoms with van der Waals surface area (Å²) in [5.41, 5.74) is 0.881. The predicted octanol–water partition coefficient (Wildman–Crippen LogP) is 5.21. The molecule has 0 unspecified atom stereocenters. The Morgan fingerprint density at radius 1 is 1.18 bits per heavy atom. The number of hydrogen-bond donors (Lipinski definition) is 2. The Morgan fingerprint density at radius 2 is 1.96 bits per heavy atom. The second-order valence-corrected chi connectivity index (χ2v) is 7.48. The molecule has 3 aromatic heterocycles. The number of alkyl halides is 3. The first-order valence-corrected chi connectivity index (χ1v) is 9.81. The second kappa shape index (κ2) is 8.63. The van der Waals surface area contributed by atoms with E-state index in [2.05, 4.69) is 20.6 Å². The lowest BCUT2D eigenvalue weighted by atomic mass is 9.98. The summed E-state index contributed by atoms with van der Waals surface area (Å²) in [6.07, 6.45) is -0.711. The van der Waals surface area contributed by atoms with Crippen LogP contribution in [0, 0.1) is 5.92 Å². The van der Waals surface area contributed by atoms with E-state index in [1.807, 2.05) is 16.8 Å². The Morgan fingerprint density at radius 3 is 2.64 bits per heavy atom. The predicted molar refractivity (Wildman–Crippen MR) is 109 cm³/mol. The Kier molecular flexibility index (Phi) is 6.42. The van der Waals surface area contributed by atoms with Crippen molar-refractivity contribution in [2.75, 3.05) is 25.0 Å². The number of halogens is 4. The Balaban J connectivity index is 0.00000225. The van der Waals surface area contributed by atoms with Gasteiger partial charge in [0, 0.05) is 23.7 Å². The van der Waals surface area contributed by atoms with Crippen molar-refractivity contribution in [1.29, 1.82) is 0 Å². The number of pyridine rings is 2. The summed E-state index contributed by atoms with van der Waals surface area (Å²) in [5, 5.41) is 11.0. The van der Waals surface area contributed by atoms with Gasteiger partial charge in [-0.1, -0.05) is 0 Å². The van der Waals surface area contributed by atoms with Crippen LogP contribution < -0.4 is 10.6 Å². The van der Waals surface area contributed by atoms with Gasteiger partial charge >= 0.3 is 6.18 Å². The van der Waals surface area contributed by atoms with Gasteiger partial charge in [0.1, 0.15) is 11.5 Å². The van der Waals surface area contributed by atoms with Crippen LogP contribution in [0.3, 0.4) is 0 Å². The molecule has 28 heavy (non-hydrogen) atoms. The van der Waals surface area contributed by atoms with Crippen LogP contribution in [0.4, 0.5) is 19.0 Å². The van der Waals surface area contributed by atoms with Gasteiger partial charge in [0.15, 0.2) is 0 Å². The number of aromatic nitrogens is 2. The van der Waals surface area contributed by atoms with E-state index < -0.39 is 11.9 Å². The quantitative estimate of drug-likeness (QED) is 0.599. The van der Waals surface area contributed by atoms with Crippen molar-refractivity contribution in [2.24, 2.45) is 5.92 Å². The smallest absolute Gasteiger partial charge is 0.369 e. The highest BCUT2D eigenvalue weighted by atomic mass is 35.5. The van der Waals surface area contributed by atoms with Crippen molar-refractivity contribution >= 4 is 40.5 Å². The number of thiophene rings is 1. The van der Waals surface area contributed by atoms with E-state index in [4.69, 9.17) is 0 Å². The third-order valence-corrected chi connectivity index (χ3v) is 5.55. The first kappa shape index (κ1) is 20.8. The molecule has 4 heterocycles. The molecule has 0 aromatic carbocycles. The molecule has 150 valence electrons. The van der Waals surface area contributed by atoms with Crippen molar-refractivity contribution in [3.05, 3.63) is 40.8 Å². The van der Waals surface area contributed by atoms with Gasteiger partial charge in [-0.05, 0) is 66.4 Å². The largest absolute Gasteiger partial charge is 0.433 e. The van der Waals surface area contributed by atoms with Gasteiger partial charge in [-0.3, -0.25) is 0 Å². The van der Waals surface area contributed by atoms with Gasteiger partial charge in [0.25, 0.3) is 0 Å². The van der Waals surface area contributed by atoms with Crippen LogP contribution >= 0.6 is 23.7 Å². The lowest BCUT2D eigenvalue weighted by Gasteiger charge is -2.23. The van der Waals surface area contributed by atoms with Gasteiger partial charge in [-0.15, -0.1) is 12.4 Å². The highest BCUT2D eigenvalue weighted by Gasteiger charge is 2.33. The number of anilines is 1. The molecule has 1 saturated heterocycles. The van der Waals surface area contributed by atoms with Crippen LogP contribution in [-0.2, 0) is 6.18 Å². The average Bonchev–Trinajstić information content (AvgIpc) is 3.20. The zero-order valence-corrected chi connectivity index (χ0v) is 16.6. The molecule has 0 atom stereocenters. The molecule has 1 fully saturated rings. The molecule has 2 N–H and O–H groups in total. The van der Waals surface area contributed by atoms with E-state index in [-0.39, 0.29) is 12.4 Å². The number of nitrogens with one attached hydrogen (secondary N) is 2. The summed E-state index contributed by atoms with van der Waals surface area (Å²) >= 11 is 1.49. The molecule has 1 aliphatic heterocycles. The maximum atomic E-state index is 13.2. The topological polar surface area (TPSA) is 49.8 Å². The molecular formula is C19H20ClF3N4S. The summed E-state index contributed by atoms with van der Waals surface area (Å²) in [6.45, 7) is 2.74. The number of hydrogen-bond acceptors (Lipinski definition) is 5. The number of rotatable bonds is 4. The molecule has 0 spiro atoms. The van der Waals surface area contributed by atoms with Crippen molar-refractivity contribution in [3.63, 3.8) is 0 Å². The lowest BCUT2D eigenvalue weighted by molar-refractivity contribution is -0.140. The molecule has 3 aromatic rings. The normalized spacial score (nSPS) is 15.4. The fourth-order valence-corrected chi connectivity index (χ4v) is 4.03. The minimum absolute atomic E-state index is 0. The third kappa shape index (κ3) is 4.39. The number of piperidine rings is 1. The van der Waals surface area contributed by atoms with Gasteiger partial charge in [-0.2, -0.15) is 24.5 Å². The molecule has 4 nitrogen and oxygen atoms in total. The van der Waals surface area contributed by atoms with Crippen molar-refractivity contribution in [3.8, 4) is 11.1 Å². The monoisotopic (exact) mass is 428 g/mol. The fraction of sp³-hybridized carbons (Fsp3) is 0.368. The van der Waals surface area contributed by atoms with E-state index in [0.29, 0.717) is 28.2 Å². The van der Waals surface area contributed by atoms with Crippen LogP contribution in [-0.4, -0.2) is 29.6 Å². The van der Waals surface area contributed by atoms with Crippen molar-refractivity contribution in [2.45, 2.75) is 19.0 Å². The standard InChI is InChI=1S/C19H19F3N4S.ClH/c20-19(21,22)16-2-1-14-17(26-16)15(13-5-8-27-11-13)10-25-18(14)24-9-12-3-6-23-7-4-12;/h1-2,5,8,10-12,23H,3-4,6-7,9H2,(H,24,25);1H. The van der Waals surface area contributed by atoms with E-state index in [1.54, 1.807) is 6.20 Å². The Hall–Kier alpha value is -1.90. The zero-order chi connectivity index (χ0) is 18.9. The summed E-state index contributed by atoms with van der Waals surface area (Å²) in [5.74, 6) is 1.12. The van der Waals surface area contributed by atoms with E-state index in [9.17, 15) is 13.2 Å². The minimum Gasteiger partial charge on any atom is -0.369 e. The van der Waals surface area contributed by atoms with Crippen LogP contribution in [0.1, 0.15) is 18.5 Å². The first-order valence-electron chi connectivity index (χ1n) is 8.86. The molecule has 4 rings (SSSR count). The fourth-order valence-electron chi connectivity index (χ4n) is 3.37. The van der Waals surface area contributed by atoms with E-state index >= 15 is 0 Å². The van der Waals surface area contributed by atoms with E-state index in [0.717, 1.165) is 44.1 Å². The van der Waals surface area contributed by atoms with Crippen LogP contribution in [0.15, 0.2) is 35.2 Å². The highest BCUT2D eigenvalue weighted by Crippen LogP contribution is 2.35. The van der Waals surface area contributed by atoms with Gasteiger partial charge in [0.2, 0.25) is 0 Å². The molecular weight excluding hydrogens is 409 g/mol. The SMILES string of the molecule is Cl.FC(F)(F)c1ccc2c(NCC3CCNCC3)ncc(-c3ccsc3)c2n1. The second-order valence-electron chi connectivity index (χ2n) is 6.70. The highest BCUT2D eigenvalue weighted by molar-refractivity contribution is 7.08. The third-order valence-electron chi connectivity index (χ3n) is 4.87. The minimum atomic E-state index is -4.48. The first-order chi connectivity index (χ1) is 13.0. The van der Waals surface area contributed by atoms with Crippen LogP contribution in [0.5, 0.6) is 0 Å². The molecule has 1 aliphatic rings. The summed E-state index contributed by atoms with van der Waals surface area (Å²) in [4.78, 5) is 8.44.